The van der Waals surface area contributed by atoms with E-state index in [1.807, 2.05) is 24.3 Å². The number of hydrogen-bond acceptors (Lipinski definition) is 3. The number of amides is 1. The molecule has 3 aromatic rings. The van der Waals surface area contributed by atoms with Crippen molar-refractivity contribution >= 4 is 22.5 Å². The SMILES string of the molecule is NCCCCCC(=O)Nc1cc(-c2ccc(F)cc2)cc2cccnc12. The summed E-state index contributed by atoms with van der Waals surface area (Å²) < 4.78 is 13.2. The first-order valence-electron chi connectivity index (χ1n) is 8.82. The Morgan fingerprint density at radius 2 is 1.85 bits per heavy atom. The van der Waals surface area contributed by atoms with Crippen LogP contribution in [0.4, 0.5) is 10.1 Å². The largest absolute Gasteiger partial charge is 0.330 e. The van der Waals surface area contributed by atoms with Crippen molar-refractivity contribution in [1.82, 2.24) is 4.98 Å². The zero-order valence-corrected chi connectivity index (χ0v) is 14.5. The Morgan fingerprint density at radius 1 is 1.04 bits per heavy atom. The van der Waals surface area contributed by atoms with Crippen molar-refractivity contribution in [3.05, 3.63) is 60.5 Å². The molecule has 3 rings (SSSR count). The van der Waals surface area contributed by atoms with Crippen LogP contribution >= 0.6 is 0 Å². The molecule has 0 saturated carbocycles. The summed E-state index contributed by atoms with van der Waals surface area (Å²) in [6, 6.07) is 14.0. The average Bonchev–Trinajstić information content (AvgIpc) is 2.66. The standard InChI is InChI=1S/C21H22FN3O/c22-18-9-7-15(8-10-18)17-13-16-5-4-12-24-21(16)19(14-17)25-20(26)6-2-1-3-11-23/h4-5,7-10,12-14H,1-3,6,11,23H2,(H,25,26). The summed E-state index contributed by atoms with van der Waals surface area (Å²) in [5, 5.41) is 3.90. The molecule has 0 unspecified atom stereocenters. The highest BCUT2D eigenvalue weighted by Gasteiger charge is 2.10. The van der Waals surface area contributed by atoms with E-state index in [2.05, 4.69) is 10.3 Å². The molecule has 0 aliphatic heterocycles. The highest BCUT2D eigenvalue weighted by atomic mass is 19.1. The van der Waals surface area contributed by atoms with Crippen LogP contribution in [0, 0.1) is 5.82 Å². The maximum Gasteiger partial charge on any atom is 0.224 e. The lowest BCUT2D eigenvalue weighted by atomic mass is 10.0. The van der Waals surface area contributed by atoms with E-state index in [1.54, 1.807) is 18.3 Å². The summed E-state index contributed by atoms with van der Waals surface area (Å²) in [5.74, 6) is -0.313. The third-order valence-corrected chi connectivity index (χ3v) is 4.26. The first kappa shape index (κ1) is 18.0. The van der Waals surface area contributed by atoms with Crippen LogP contribution in [-0.2, 0) is 4.79 Å². The Morgan fingerprint density at radius 3 is 2.62 bits per heavy atom. The minimum Gasteiger partial charge on any atom is -0.330 e. The van der Waals surface area contributed by atoms with Gasteiger partial charge < -0.3 is 11.1 Å². The molecule has 3 N–H and O–H groups in total. The van der Waals surface area contributed by atoms with Gasteiger partial charge in [0.1, 0.15) is 5.82 Å². The number of unbranched alkanes of at least 4 members (excludes halogenated alkanes) is 2. The van der Waals surface area contributed by atoms with E-state index in [0.29, 0.717) is 18.7 Å². The van der Waals surface area contributed by atoms with Crippen LogP contribution < -0.4 is 11.1 Å². The first-order chi connectivity index (χ1) is 12.7. The molecule has 1 aromatic heterocycles. The molecule has 0 fully saturated rings. The van der Waals surface area contributed by atoms with Gasteiger partial charge in [-0.1, -0.05) is 24.6 Å². The number of halogens is 1. The van der Waals surface area contributed by atoms with E-state index < -0.39 is 0 Å². The lowest BCUT2D eigenvalue weighted by Crippen LogP contribution is -2.12. The highest BCUT2D eigenvalue weighted by Crippen LogP contribution is 2.30. The van der Waals surface area contributed by atoms with Gasteiger partial charge in [0, 0.05) is 18.0 Å². The predicted octanol–water partition coefficient (Wildman–Crippen LogP) is 4.50. The van der Waals surface area contributed by atoms with Crippen molar-refractivity contribution in [3.8, 4) is 11.1 Å². The molecule has 0 aliphatic carbocycles. The number of nitrogens with one attached hydrogen (secondary N) is 1. The third-order valence-electron chi connectivity index (χ3n) is 4.26. The average molecular weight is 351 g/mol. The predicted molar refractivity (Wildman–Crippen MR) is 103 cm³/mol. The van der Waals surface area contributed by atoms with Gasteiger partial charge in [0.25, 0.3) is 0 Å². The number of nitrogens with zero attached hydrogens (tertiary/aromatic N) is 1. The van der Waals surface area contributed by atoms with E-state index in [0.717, 1.165) is 41.3 Å². The van der Waals surface area contributed by atoms with Gasteiger partial charge in [-0.15, -0.1) is 0 Å². The van der Waals surface area contributed by atoms with Gasteiger partial charge in [0.15, 0.2) is 0 Å². The maximum absolute atomic E-state index is 13.2. The number of rotatable bonds is 7. The van der Waals surface area contributed by atoms with Gasteiger partial charge in [0.2, 0.25) is 5.91 Å². The molecule has 2 aromatic carbocycles. The minimum absolute atomic E-state index is 0.0368. The van der Waals surface area contributed by atoms with E-state index in [1.165, 1.54) is 12.1 Å². The quantitative estimate of drug-likeness (QED) is 0.616. The zero-order valence-electron chi connectivity index (χ0n) is 14.5. The molecular weight excluding hydrogens is 329 g/mol. The number of nitrogens with two attached hydrogens (primary N) is 1. The molecule has 1 heterocycles. The fourth-order valence-electron chi connectivity index (χ4n) is 2.92. The smallest absolute Gasteiger partial charge is 0.224 e. The van der Waals surface area contributed by atoms with Crippen molar-refractivity contribution in [3.63, 3.8) is 0 Å². The number of carbonyl (C=O) groups excluding carboxylic acids is 1. The topological polar surface area (TPSA) is 68.0 Å². The summed E-state index contributed by atoms with van der Waals surface area (Å²) in [7, 11) is 0. The van der Waals surface area contributed by atoms with Crippen LogP contribution in [0.25, 0.3) is 22.0 Å². The highest BCUT2D eigenvalue weighted by molar-refractivity contribution is 6.02. The van der Waals surface area contributed by atoms with Gasteiger partial charge in [0.05, 0.1) is 11.2 Å². The summed E-state index contributed by atoms with van der Waals surface area (Å²) in [6.45, 7) is 0.649. The summed E-state index contributed by atoms with van der Waals surface area (Å²) in [5.41, 5.74) is 8.69. The number of aromatic nitrogens is 1. The molecule has 5 heteroatoms. The fraction of sp³-hybridized carbons (Fsp3) is 0.238. The Bertz CT molecular complexity index is 893. The van der Waals surface area contributed by atoms with E-state index in [4.69, 9.17) is 5.73 Å². The van der Waals surface area contributed by atoms with Crippen molar-refractivity contribution in [1.29, 1.82) is 0 Å². The molecule has 134 valence electrons. The molecule has 1 amide bonds. The van der Waals surface area contributed by atoms with Crippen molar-refractivity contribution < 1.29 is 9.18 Å². The molecular formula is C21H22FN3O. The Balaban J connectivity index is 1.88. The van der Waals surface area contributed by atoms with Gasteiger partial charge in [-0.3, -0.25) is 9.78 Å². The van der Waals surface area contributed by atoms with Gasteiger partial charge in [-0.25, -0.2) is 4.39 Å². The molecule has 0 saturated heterocycles. The molecule has 0 atom stereocenters. The van der Waals surface area contributed by atoms with Crippen molar-refractivity contribution in [2.75, 3.05) is 11.9 Å². The van der Waals surface area contributed by atoms with Crippen molar-refractivity contribution in [2.45, 2.75) is 25.7 Å². The van der Waals surface area contributed by atoms with Crippen LogP contribution in [0.3, 0.4) is 0 Å². The van der Waals surface area contributed by atoms with Crippen LogP contribution in [-0.4, -0.2) is 17.4 Å². The summed E-state index contributed by atoms with van der Waals surface area (Å²) in [6.07, 6.45) is 4.84. The molecule has 0 radical (unpaired) electrons. The second-order valence-electron chi connectivity index (χ2n) is 6.25. The monoisotopic (exact) mass is 351 g/mol. The Labute approximate surface area is 152 Å². The van der Waals surface area contributed by atoms with Gasteiger partial charge in [-0.05, 0) is 60.8 Å². The normalized spacial score (nSPS) is 10.8. The lowest BCUT2D eigenvalue weighted by molar-refractivity contribution is -0.116. The van der Waals surface area contributed by atoms with Crippen LogP contribution in [0.5, 0.6) is 0 Å². The number of carbonyl (C=O) groups is 1. The van der Waals surface area contributed by atoms with Crippen LogP contribution in [0.1, 0.15) is 25.7 Å². The number of fused-ring (bicyclic) bond motifs is 1. The lowest BCUT2D eigenvalue weighted by Gasteiger charge is -2.11. The molecule has 4 nitrogen and oxygen atoms in total. The second-order valence-corrected chi connectivity index (χ2v) is 6.25. The van der Waals surface area contributed by atoms with Gasteiger partial charge >= 0.3 is 0 Å². The van der Waals surface area contributed by atoms with Crippen LogP contribution in [0.2, 0.25) is 0 Å². The summed E-state index contributed by atoms with van der Waals surface area (Å²) in [4.78, 5) is 16.7. The minimum atomic E-state index is -0.276. The first-order valence-corrected chi connectivity index (χ1v) is 8.82. The number of pyridine rings is 1. The molecule has 26 heavy (non-hydrogen) atoms. The molecule has 0 bridgehead atoms. The second kappa shape index (κ2) is 8.54. The van der Waals surface area contributed by atoms with Gasteiger partial charge in [-0.2, -0.15) is 0 Å². The van der Waals surface area contributed by atoms with Crippen molar-refractivity contribution in [2.24, 2.45) is 5.73 Å². The van der Waals surface area contributed by atoms with E-state index in [9.17, 15) is 9.18 Å². The fourth-order valence-corrected chi connectivity index (χ4v) is 2.92. The number of anilines is 1. The van der Waals surface area contributed by atoms with E-state index >= 15 is 0 Å². The Hall–Kier alpha value is -2.79. The van der Waals surface area contributed by atoms with Crippen LogP contribution in [0.15, 0.2) is 54.7 Å². The summed E-state index contributed by atoms with van der Waals surface area (Å²) >= 11 is 0. The zero-order chi connectivity index (χ0) is 18.4. The number of hydrogen-bond donors (Lipinski definition) is 2. The Kier molecular flexibility index (Phi) is 5.92. The molecule has 0 aliphatic rings. The number of benzene rings is 2. The molecule has 0 spiro atoms. The maximum atomic E-state index is 13.2. The third kappa shape index (κ3) is 4.43. The van der Waals surface area contributed by atoms with E-state index in [-0.39, 0.29) is 11.7 Å².